The fourth-order valence-corrected chi connectivity index (χ4v) is 9.13. The molecule has 0 saturated carbocycles. The van der Waals surface area contributed by atoms with Crippen LogP contribution in [-0.4, -0.2) is 33.4 Å². The van der Waals surface area contributed by atoms with Crippen LogP contribution in [-0.2, 0) is 0 Å². The number of aromatic amines is 2. The van der Waals surface area contributed by atoms with Crippen molar-refractivity contribution in [3.05, 3.63) is 117 Å². The number of aromatic hydroxyl groups is 1. The third-order valence-electron chi connectivity index (χ3n) is 12.7. The van der Waals surface area contributed by atoms with E-state index in [9.17, 15) is 5.11 Å². The lowest BCUT2D eigenvalue weighted by molar-refractivity contribution is 0.139. The maximum Gasteiger partial charge on any atom is 0.133 e. The first kappa shape index (κ1) is 41.8. The molecule has 316 valence electrons. The maximum absolute atomic E-state index is 12.4. The van der Waals surface area contributed by atoms with Gasteiger partial charge in [0.25, 0.3) is 0 Å². The molecular formula is C55H62N2O4. The van der Waals surface area contributed by atoms with Gasteiger partial charge in [-0.15, -0.1) is 0 Å². The number of aryl methyl sites for hydroxylation is 2. The number of phenolic OH excluding ortho intramolecular Hbond substituents is 1. The van der Waals surface area contributed by atoms with E-state index < -0.39 is 11.2 Å². The third kappa shape index (κ3) is 7.93. The predicted molar refractivity (Wildman–Crippen MR) is 259 cm³/mol. The van der Waals surface area contributed by atoms with Crippen molar-refractivity contribution in [1.82, 2.24) is 9.97 Å². The molecule has 8 rings (SSSR count). The fraction of sp³-hybridized carbons (Fsp3) is 0.345. The number of H-pyrrole nitrogens is 2. The average Bonchev–Trinajstić information content (AvgIpc) is 3.78. The average molecular weight is 815 g/mol. The van der Waals surface area contributed by atoms with Crippen molar-refractivity contribution in [2.75, 3.05) is 7.11 Å². The van der Waals surface area contributed by atoms with Gasteiger partial charge in [0.1, 0.15) is 34.2 Å². The normalized spacial score (nSPS) is 18.7. The Morgan fingerprint density at radius 1 is 0.672 bits per heavy atom. The highest BCUT2D eigenvalue weighted by molar-refractivity contribution is 6.19. The number of methoxy groups -OCH3 is 1. The zero-order chi connectivity index (χ0) is 43.4. The van der Waals surface area contributed by atoms with E-state index in [4.69, 9.17) is 14.2 Å². The molecule has 0 radical (unpaired) electrons. The number of phenols is 1. The molecule has 2 unspecified atom stereocenters. The van der Waals surface area contributed by atoms with Gasteiger partial charge in [0.05, 0.1) is 34.7 Å². The van der Waals surface area contributed by atoms with Crippen molar-refractivity contribution in [1.29, 1.82) is 0 Å². The zero-order valence-electron chi connectivity index (χ0n) is 38.0. The number of aromatic nitrogens is 2. The Labute approximate surface area is 361 Å². The summed E-state index contributed by atoms with van der Waals surface area (Å²) in [6.45, 7) is 21.6. The minimum Gasteiger partial charge on any atom is -0.507 e. The third-order valence-corrected chi connectivity index (χ3v) is 12.7. The Morgan fingerprint density at radius 3 is 1.75 bits per heavy atom. The van der Waals surface area contributed by atoms with E-state index in [1.807, 2.05) is 12.1 Å². The summed E-state index contributed by atoms with van der Waals surface area (Å²) in [7, 11) is 1.69. The maximum atomic E-state index is 12.4. The van der Waals surface area contributed by atoms with E-state index in [2.05, 4.69) is 152 Å². The molecule has 3 N–H and O–H groups in total. The van der Waals surface area contributed by atoms with Crippen LogP contribution in [0.3, 0.4) is 0 Å². The molecule has 4 heterocycles. The van der Waals surface area contributed by atoms with Crippen LogP contribution in [0.15, 0.2) is 95.1 Å². The lowest BCUT2D eigenvalue weighted by atomic mass is 9.92. The first-order valence-corrected chi connectivity index (χ1v) is 21.9. The summed E-state index contributed by atoms with van der Waals surface area (Å²) < 4.78 is 19.7. The standard InChI is InChI=1S/C55H62N2O4/c1-32(2)14-12-16-34(5)22-26-54(9)28-24-40-48-42(30-36(7)52(40)60-54)38-19-21-45(59-11)47(50(38)57-48)39-18-20-44-46(51(39)58)43-31-37(8)53-41(49(43)56-44)25-29-55(10,61-53)27-23-35(6)17-13-15-33(3)4/h14-15,18-25,28-31,56-58H,12-13,16-17,26-27H2,1-11H3. The molecule has 2 atom stereocenters. The first-order chi connectivity index (χ1) is 29.1. The number of allylic oxidation sites excluding steroid dienone is 6. The molecule has 4 aromatic carbocycles. The number of hydrogen-bond acceptors (Lipinski definition) is 4. The highest BCUT2D eigenvalue weighted by Crippen LogP contribution is 2.50. The molecule has 0 amide bonds. The minimum atomic E-state index is -0.458. The van der Waals surface area contributed by atoms with Crippen molar-refractivity contribution in [3.8, 4) is 34.1 Å². The molecule has 61 heavy (non-hydrogen) atoms. The number of rotatable bonds is 12. The minimum absolute atomic E-state index is 0.202. The molecule has 0 spiro atoms. The Morgan fingerprint density at radius 2 is 1.21 bits per heavy atom. The highest BCUT2D eigenvalue weighted by Gasteiger charge is 2.32. The quantitative estimate of drug-likeness (QED) is 0.108. The van der Waals surface area contributed by atoms with E-state index in [-0.39, 0.29) is 5.75 Å². The summed E-state index contributed by atoms with van der Waals surface area (Å²) >= 11 is 0. The van der Waals surface area contributed by atoms with Gasteiger partial charge in [-0.25, -0.2) is 0 Å². The van der Waals surface area contributed by atoms with Crippen molar-refractivity contribution >= 4 is 55.8 Å². The second-order valence-electron chi connectivity index (χ2n) is 18.6. The SMILES string of the molecule is COc1ccc2c([nH]c3c4c(c(C)cc32)OC(C)(CC=C(C)CCC=C(C)C)C=C4)c1-c1ccc2[nH]c3c4c(c(C)cc3c2c1O)OC(C)(CC=C(C)CCC=C(C)C)C=C4. The predicted octanol–water partition coefficient (Wildman–Crippen LogP) is 15.4. The molecule has 0 aliphatic carbocycles. The Hall–Kier alpha value is -5.88. The van der Waals surface area contributed by atoms with E-state index in [1.165, 1.54) is 22.3 Å². The van der Waals surface area contributed by atoms with Crippen LogP contribution in [0.5, 0.6) is 23.0 Å². The van der Waals surface area contributed by atoms with Gasteiger partial charge in [-0.1, -0.05) is 46.6 Å². The molecule has 0 bridgehead atoms. The van der Waals surface area contributed by atoms with Gasteiger partial charge in [0.15, 0.2) is 0 Å². The van der Waals surface area contributed by atoms with Crippen LogP contribution in [0.1, 0.15) is 116 Å². The molecule has 6 heteroatoms. The number of ether oxygens (including phenoxy) is 3. The van der Waals surface area contributed by atoms with Crippen LogP contribution in [0, 0.1) is 13.8 Å². The summed E-state index contributed by atoms with van der Waals surface area (Å²) in [6, 6.07) is 12.6. The van der Waals surface area contributed by atoms with Crippen molar-refractivity contribution in [3.63, 3.8) is 0 Å². The van der Waals surface area contributed by atoms with E-state index >= 15 is 0 Å². The number of benzene rings is 4. The van der Waals surface area contributed by atoms with E-state index in [1.54, 1.807) is 7.11 Å². The molecular weight excluding hydrogens is 753 g/mol. The molecule has 6 aromatic rings. The smallest absolute Gasteiger partial charge is 0.133 e. The topological polar surface area (TPSA) is 79.5 Å². The van der Waals surface area contributed by atoms with Crippen LogP contribution < -0.4 is 14.2 Å². The molecule has 0 saturated heterocycles. The first-order valence-electron chi connectivity index (χ1n) is 21.9. The second-order valence-corrected chi connectivity index (χ2v) is 18.6. The summed E-state index contributed by atoms with van der Waals surface area (Å²) in [6.07, 6.45) is 23.8. The van der Waals surface area contributed by atoms with Gasteiger partial charge < -0.3 is 29.3 Å². The molecule has 2 aliphatic rings. The number of nitrogens with one attached hydrogen (secondary N) is 2. The van der Waals surface area contributed by atoms with Gasteiger partial charge >= 0.3 is 0 Å². The van der Waals surface area contributed by atoms with Crippen LogP contribution in [0.25, 0.3) is 66.9 Å². The van der Waals surface area contributed by atoms with E-state index in [0.717, 1.165) is 121 Å². The highest BCUT2D eigenvalue weighted by atomic mass is 16.5. The number of hydrogen-bond donors (Lipinski definition) is 3. The lowest BCUT2D eigenvalue weighted by Gasteiger charge is -2.32. The van der Waals surface area contributed by atoms with Crippen molar-refractivity contribution < 1.29 is 19.3 Å². The Kier molecular flexibility index (Phi) is 11.1. The van der Waals surface area contributed by atoms with Gasteiger partial charge in [-0.05, 0) is 167 Å². The van der Waals surface area contributed by atoms with Crippen LogP contribution in [0.2, 0.25) is 0 Å². The summed E-state index contributed by atoms with van der Waals surface area (Å²) in [5.74, 6) is 2.65. The summed E-state index contributed by atoms with van der Waals surface area (Å²) in [5, 5.41) is 16.3. The van der Waals surface area contributed by atoms with Gasteiger partial charge in [-0.2, -0.15) is 0 Å². The Balaban J connectivity index is 1.17. The molecule has 2 aliphatic heterocycles. The molecule has 0 fully saturated rings. The number of fused-ring (bicyclic) bond motifs is 10. The van der Waals surface area contributed by atoms with Crippen LogP contribution in [0.4, 0.5) is 0 Å². The van der Waals surface area contributed by atoms with Gasteiger partial charge in [0, 0.05) is 51.1 Å². The lowest BCUT2D eigenvalue weighted by Crippen LogP contribution is -2.31. The van der Waals surface area contributed by atoms with Gasteiger partial charge in [0.2, 0.25) is 0 Å². The van der Waals surface area contributed by atoms with E-state index in [0.29, 0.717) is 11.3 Å². The molecule has 2 aromatic heterocycles. The largest absolute Gasteiger partial charge is 0.507 e. The fourth-order valence-electron chi connectivity index (χ4n) is 9.13. The Bertz CT molecular complexity index is 2920. The summed E-state index contributed by atoms with van der Waals surface area (Å²) in [5.41, 5.74) is 13.9. The van der Waals surface area contributed by atoms with Gasteiger partial charge in [-0.3, -0.25) is 0 Å². The van der Waals surface area contributed by atoms with Crippen molar-refractivity contribution in [2.24, 2.45) is 0 Å². The monoisotopic (exact) mass is 814 g/mol. The second kappa shape index (κ2) is 16.2. The summed E-state index contributed by atoms with van der Waals surface area (Å²) in [4.78, 5) is 7.45. The molecule has 6 nitrogen and oxygen atoms in total. The van der Waals surface area contributed by atoms with Crippen molar-refractivity contribution in [2.45, 2.75) is 119 Å². The van der Waals surface area contributed by atoms with Crippen LogP contribution >= 0.6 is 0 Å². The zero-order valence-corrected chi connectivity index (χ0v) is 38.0.